The summed E-state index contributed by atoms with van der Waals surface area (Å²) in [6, 6.07) is 16.1. The highest BCUT2D eigenvalue weighted by Gasteiger charge is 2.16. The Morgan fingerprint density at radius 1 is 0.964 bits per heavy atom. The second-order valence-corrected chi connectivity index (χ2v) is 7.31. The normalized spacial score (nSPS) is 11.9. The molecule has 0 saturated heterocycles. The molecule has 0 fully saturated rings. The van der Waals surface area contributed by atoms with Crippen LogP contribution in [-0.4, -0.2) is 19.1 Å². The number of carbonyl (C=O) groups is 1. The average Bonchev–Trinajstić information content (AvgIpc) is 2.68. The van der Waals surface area contributed by atoms with Crippen LogP contribution in [0.3, 0.4) is 0 Å². The summed E-state index contributed by atoms with van der Waals surface area (Å²) in [5.74, 6) is 2.06. The van der Waals surface area contributed by atoms with Crippen LogP contribution in [-0.2, 0) is 11.2 Å². The third kappa shape index (κ3) is 6.91. The van der Waals surface area contributed by atoms with E-state index in [1.54, 1.807) is 0 Å². The molecule has 4 heteroatoms. The molecular weight excluding hydrogens is 350 g/mol. The van der Waals surface area contributed by atoms with Crippen LogP contribution in [0.5, 0.6) is 11.5 Å². The summed E-state index contributed by atoms with van der Waals surface area (Å²) in [6.07, 6.45) is 2.04. The summed E-state index contributed by atoms with van der Waals surface area (Å²) < 4.78 is 11.3. The number of hydrogen-bond acceptors (Lipinski definition) is 3. The van der Waals surface area contributed by atoms with Gasteiger partial charge in [0.25, 0.3) is 0 Å². The van der Waals surface area contributed by atoms with Gasteiger partial charge in [-0.25, -0.2) is 0 Å². The highest BCUT2D eigenvalue weighted by Crippen LogP contribution is 2.29. The molecule has 0 aliphatic heterocycles. The number of rotatable bonds is 11. The molecule has 4 nitrogen and oxygen atoms in total. The van der Waals surface area contributed by atoms with E-state index in [9.17, 15) is 4.79 Å². The zero-order valence-electron chi connectivity index (χ0n) is 17.5. The van der Waals surface area contributed by atoms with Crippen LogP contribution in [0.2, 0.25) is 0 Å². The Labute approximate surface area is 169 Å². The molecule has 0 aliphatic carbocycles. The van der Waals surface area contributed by atoms with E-state index < -0.39 is 0 Å². The molecule has 0 bridgehead atoms. The first-order valence-electron chi connectivity index (χ1n) is 10.3. The van der Waals surface area contributed by atoms with Crippen molar-refractivity contribution >= 4 is 5.91 Å². The van der Waals surface area contributed by atoms with Gasteiger partial charge in [0, 0.05) is 6.42 Å². The first kappa shape index (κ1) is 21.8. The van der Waals surface area contributed by atoms with Crippen molar-refractivity contribution in [1.82, 2.24) is 5.32 Å². The Kier molecular flexibility index (Phi) is 8.86. The van der Waals surface area contributed by atoms with Crippen molar-refractivity contribution in [3.63, 3.8) is 0 Å². The van der Waals surface area contributed by atoms with Gasteiger partial charge in [0.2, 0.25) is 5.91 Å². The quantitative estimate of drug-likeness (QED) is 0.571. The lowest BCUT2D eigenvalue weighted by Crippen LogP contribution is -2.29. The van der Waals surface area contributed by atoms with E-state index in [4.69, 9.17) is 9.47 Å². The minimum absolute atomic E-state index is 0.0491. The maximum Gasteiger partial charge on any atom is 0.220 e. The summed E-state index contributed by atoms with van der Waals surface area (Å²) >= 11 is 0. The Morgan fingerprint density at radius 2 is 1.64 bits per heavy atom. The van der Waals surface area contributed by atoms with Crippen molar-refractivity contribution in [2.45, 2.75) is 53.0 Å². The Hall–Kier alpha value is -2.49. The summed E-state index contributed by atoms with van der Waals surface area (Å²) in [4.78, 5) is 12.6. The third-order valence-electron chi connectivity index (χ3n) is 4.49. The minimum Gasteiger partial charge on any atom is -0.490 e. The van der Waals surface area contributed by atoms with Crippen molar-refractivity contribution < 1.29 is 14.3 Å². The van der Waals surface area contributed by atoms with Crippen LogP contribution in [0.1, 0.15) is 57.7 Å². The summed E-state index contributed by atoms with van der Waals surface area (Å²) in [5, 5.41) is 3.21. The second kappa shape index (κ2) is 11.4. The van der Waals surface area contributed by atoms with Gasteiger partial charge in [-0.15, -0.1) is 0 Å². The van der Waals surface area contributed by atoms with E-state index in [0.29, 0.717) is 32.0 Å². The highest BCUT2D eigenvalue weighted by molar-refractivity contribution is 5.76. The molecule has 2 rings (SSSR count). The molecule has 152 valence electrons. The maximum atomic E-state index is 12.6. The summed E-state index contributed by atoms with van der Waals surface area (Å²) in [5.41, 5.74) is 2.23. The molecule has 0 heterocycles. The van der Waals surface area contributed by atoms with Crippen LogP contribution in [0.25, 0.3) is 0 Å². The lowest BCUT2D eigenvalue weighted by molar-refractivity contribution is -0.121. The number of carbonyl (C=O) groups excluding carboxylic acids is 1. The van der Waals surface area contributed by atoms with Crippen molar-refractivity contribution in [2.24, 2.45) is 5.92 Å². The predicted molar refractivity (Wildman–Crippen MR) is 114 cm³/mol. The predicted octanol–water partition coefficient (Wildman–Crippen LogP) is 5.32. The number of benzene rings is 2. The molecule has 0 radical (unpaired) electrons. The zero-order valence-corrected chi connectivity index (χ0v) is 17.5. The largest absolute Gasteiger partial charge is 0.490 e. The van der Waals surface area contributed by atoms with Gasteiger partial charge in [0.1, 0.15) is 0 Å². The van der Waals surface area contributed by atoms with Crippen molar-refractivity contribution in [2.75, 3.05) is 13.2 Å². The van der Waals surface area contributed by atoms with Gasteiger partial charge < -0.3 is 14.8 Å². The maximum absolute atomic E-state index is 12.6. The number of hydrogen-bond donors (Lipinski definition) is 1. The molecule has 0 spiro atoms. The van der Waals surface area contributed by atoms with Crippen LogP contribution in [0.15, 0.2) is 48.5 Å². The molecule has 0 saturated carbocycles. The number of amides is 1. The van der Waals surface area contributed by atoms with Gasteiger partial charge in [-0.2, -0.15) is 0 Å². The average molecular weight is 384 g/mol. The fourth-order valence-electron chi connectivity index (χ4n) is 3.21. The molecular formula is C24H33NO3. The van der Waals surface area contributed by atoms with Gasteiger partial charge in [0.05, 0.1) is 19.3 Å². The van der Waals surface area contributed by atoms with Crippen LogP contribution in [0.4, 0.5) is 0 Å². The lowest BCUT2D eigenvalue weighted by Gasteiger charge is -2.21. The van der Waals surface area contributed by atoms with Crippen molar-refractivity contribution in [3.05, 3.63) is 59.7 Å². The molecule has 2 aromatic rings. The topological polar surface area (TPSA) is 47.6 Å². The van der Waals surface area contributed by atoms with E-state index in [1.165, 1.54) is 0 Å². The van der Waals surface area contributed by atoms with Gasteiger partial charge in [-0.3, -0.25) is 4.79 Å². The molecule has 28 heavy (non-hydrogen) atoms. The van der Waals surface area contributed by atoms with Crippen LogP contribution in [0, 0.1) is 5.92 Å². The highest BCUT2D eigenvalue weighted by atomic mass is 16.5. The summed E-state index contributed by atoms with van der Waals surface area (Å²) in [7, 11) is 0. The Morgan fingerprint density at radius 3 is 2.29 bits per heavy atom. The number of aryl methyl sites for hydroxylation is 1. The SMILES string of the molecule is CCOc1ccc(CCC(=O)N[C@@H](CC(C)C)c2ccccc2)cc1OCC. The van der Waals surface area contributed by atoms with Crippen molar-refractivity contribution in [1.29, 1.82) is 0 Å². The van der Waals surface area contributed by atoms with E-state index in [2.05, 4.69) is 31.3 Å². The van der Waals surface area contributed by atoms with Crippen LogP contribution < -0.4 is 14.8 Å². The van der Waals surface area contributed by atoms with Gasteiger partial charge in [0.15, 0.2) is 11.5 Å². The molecule has 2 aromatic carbocycles. The van der Waals surface area contributed by atoms with Gasteiger partial charge in [-0.05, 0) is 55.9 Å². The molecule has 1 N–H and O–H groups in total. The molecule has 1 amide bonds. The van der Waals surface area contributed by atoms with E-state index in [-0.39, 0.29) is 11.9 Å². The fourth-order valence-corrected chi connectivity index (χ4v) is 3.21. The molecule has 0 unspecified atom stereocenters. The van der Waals surface area contributed by atoms with Gasteiger partial charge >= 0.3 is 0 Å². The minimum atomic E-state index is 0.0491. The van der Waals surface area contributed by atoms with Crippen molar-refractivity contribution in [3.8, 4) is 11.5 Å². The second-order valence-electron chi connectivity index (χ2n) is 7.31. The molecule has 0 aromatic heterocycles. The first-order valence-corrected chi connectivity index (χ1v) is 10.3. The standard InChI is InChI=1S/C24H33NO3/c1-5-27-22-14-12-19(17-23(22)28-6-2)13-15-24(26)25-21(16-18(3)4)20-10-8-7-9-11-20/h7-12,14,17-18,21H,5-6,13,15-16H2,1-4H3,(H,25,26)/t21-/m0/s1. The smallest absolute Gasteiger partial charge is 0.220 e. The third-order valence-corrected chi connectivity index (χ3v) is 4.49. The lowest BCUT2D eigenvalue weighted by atomic mass is 9.96. The first-order chi connectivity index (χ1) is 13.5. The zero-order chi connectivity index (χ0) is 20.4. The monoisotopic (exact) mass is 383 g/mol. The number of nitrogens with one attached hydrogen (secondary N) is 1. The van der Waals surface area contributed by atoms with Crippen LogP contribution >= 0.6 is 0 Å². The Balaban J connectivity index is 1.99. The van der Waals surface area contributed by atoms with Gasteiger partial charge in [-0.1, -0.05) is 50.2 Å². The molecule has 0 aliphatic rings. The Bertz CT molecular complexity index is 728. The summed E-state index contributed by atoms with van der Waals surface area (Å²) in [6.45, 7) is 9.44. The van der Waals surface area contributed by atoms with E-state index in [1.807, 2.05) is 50.2 Å². The molecule has 1 atom stereocenters. The fraction of sp³-hybridized carbons (Fsp3) is 0.458. The van der Waals surface area contributed by atoms with E-state index >= 15 is 0 Å². The van der Waals surface area contributed by atoms with E-state index in [0.717, 1.165) is 29.0 Å². The number of ether oxygens (including phenoxy) is 2.